The van der Waals surface area contributed by atoms with Gasteiger partial charge in [-0.1, -0.05) is 28.1 Å². The molecule has 0 radical (unpaired) electrons. The summed E-state index contributed by atoms with van der Waals surface area (Å²) in [5.41, 5.74) is 3.52. The fourth-order valence-electron chi connectivity index (χ4n) is 2.41. The number of halogens is 1. The summed E-state index contributed by atoms with van der Waals surface area (Å²) in [6.07, 6.45) is 0. The lowest BCUT2D eigenvalue weighted by atomic mass is 10.1. The van der Waals surface area contributed by atoms with Crippen LogP contribution in [0.25, 0.3) is 0 Å². The summed E-state index contributed by atoms with van der Waals surface area (Å²) in [4.78, 5) is 0. The van der Waals surface area contributed by atoms with Crippen LogP contribution in [0, 0.1) is 6.92 Å². The van der Waals surface area contributed by atoms with Crippen molar-refractivity contribution in [3.05, 3.63) is 52.0 Å². The maximum atomic E-state index is 5.65. The van der Waals surface area contributed by atoms with Crippen molar-refractivity contribution in [3.63, 3.8) is 0 Å². The summed E-state index contributed by atoms with van der Waals surface area (Å²) < 4.78 is 12.3. The molecule has 0 fully saturated rings. The standard InChI is InChI=1S/C17H18BrNO2/c1-11-14(18)4-3-5-15(11)19-12(2)13-6-7-16-17(10-13)21-9-8-20-16/h3-7,10,12,19H,8-9H2,1-2H3. The van der Waals surface area contributed by atoms with Crippen LogP contribution < -0.4 is 14.8 Å². The fourth-order valence-corrected chi connectivity index (χ4v) is 2.78. The van der Waals surface area contributed by atoms with Crippen LogP contribution in [-0.4, -0.2) is 13.2 Å². The maximum Gasteiger partial charge on any atom is 0.161 e. The molecule has 1 atom stereocenters. The highest BCUT2D eigenvalue weighted by Gasteiger charge is 2.15. The van der Waals surface area contributed by atoms with Crippen LogP contribution >= 0.6 is 15.9 Å². The Kier molecular flexibility index (Phi) is 4.06. The lowest BCUT2D eigenvalue weighted by Crippen LogP contribution is -2.16. The Morgan fingerprint density at radius 3 is 2.67 bits per heavy atom. The van der Waals surface area contributed by atoms with Crippen molar-refractivity contribution in [1.82, 2.24) is 0 Å². The van der Waals surface area contributed by atoms with Gasteiger partial charge in [-0.25, -0.2) is 0 Å². The summed E-state index contributed by atoms with van der Waals surface area (Å²) in [7, 11) is 0. The number of fused-ring (bicyclic) bond motifs is 1. The van der Waals surface area contributed by atoms with Gasteiger partial charge in [0.25, 0.3) is 0 Å². The van der Waals surface area contributed by atoms with Crippen LogP contribution in [0.4, 0.5) is 5.69 Å². The molecule has 1 heterocycles. The highest BCUT2D eigenvalue weighted by atomic mass is 79.9. The first-order valence-electron chi connectivity index (χ1n) is 7.06. The Balaban J connectivity index is 1.82. The zero-order valence-electron chi connectivity index (χ0n) is 12.2. The second-order valence-corrected chi connectivity index (χ2v) is 6.04. The zero-order chi connectivity index (χ0) is 14.8. The molecule has 2 aromatic rings. The lowest BCUT2D eigenvalue weighted by Gasteiger charge is -2.22. The van der Waals surface area contributed by atoms with Gasteiger partial charge in [0.05, 0.1) is 0 Å². The van der Waals surface area contributed by atoms with Crippen molar-refractivity contribution in [2.75, 3.05) is 18.5 Å². The van der Waals surface area contributed by atoms with Gasteiger partial charge in [0, 0.05) is 16.2 Å². The largest absolute Gasteiger partial charge is 0.486 e. The molecule has 0 aromatic heterocycles. The van der Waals surface area contributed by atoms with E-state index in [9.17, 15) is 0 Å². The van der Waals surface area contributed by atoms with E-state index in [1.165, 1.54) is 11.1 Å². The van der Waals surface area contributed by atoms with Gasteiger partial charge in [-0.3, -0.25) is 0 Å². The average molecular weight is 348 g/mol. The topological polar surface area (TPSA) is 30.5 Å². The van der Waals surface area contributed by atoms with Crippen LogP contribution in [-0.2, 0) is 0 Å². The molecule has 0 saturated heterocycles. The third kappa shape index (κ3) is 3.00. The lowest BCUT2D eigenvalue weighted by molar-refractivity contribution is 0.171. The normalized spacial score (nSPS) is 14.6. The minimum absolute atomic E-state index is 0.189. The summed E-state index contributed by atoms with van der Waals surface area (Å²) in [6, 6.07) is 12.5. The molecule has 0 bridgehead atoms. The van der Waals surface area contributed by atoms with E-state index in [2.05, 4.69) is 59.4 Å². The minimum Gasteiger partial charge on any atom is -0.486 e. The van der Waals surface area contributed by atoms with Gasteiger partial charge >= 0.3 is 0 Å². The molecule has 2 aromatic carbocycles. The van der Waals surface area contributed by atoms with Crippen molar-refractivity contribution >= 4 is 21.6 Å². The second-order valence-electron chi connectivity index (χ2n) is 5.18. The number of hydrogen-bond donors (Lipinski definition) is 1. The number of benzene rings is 2. The number of rotatable bonds is 3. The molecule has 1 aliphatic rings. The van der Waals surface area contributed by atoms with Crippen LogP contribution in [0.15, 0.2) is 40.9 Å². The number of ether oxygens (including phenoxy) is 2. The number of nitrogens with one attached hydrogen (secondary N) is 1. The average Bonchev–Trinajstić information content (AvgIpc) is 2.51. The minimum atomic E-state index is 0.189. The quantitative estimate of drug-likeness (QED) is 0.872. The summed E-state index contributed by atoms with van der Waals surface area (Å²) >= 11 is 3.56. The zero-order valence-corrected chi connectivity index (χ0v) is 13.7. The maximum absolute atomic E-state index is 5.65. The van der Waals surface area contributed by atoms with Gasteiger partial charge in [-0.2, -0.15) is 0 Å². The fraction of sp³-hybridized carbons (Fsp3) is 0.294. The molecule has 1 N–H and O–H groups in total. The van der Waals surface area contributed by atoms with E-state index in [-0.39, 0.29) is 6.04 Å². The molecule has 1 aliphatic heterocycles. The van der Waals surface area contributed by atoms with E-state index in [0.717, 1.165) is 21.7 Å². The van der Waals surface area contributed by atoms with Gasteiger partial charge in [0.15, 0.2) is 11.5 Å². The van der Waals surface area contributed by atoms with Crippen molar-refractivity contribution in [2.24, 2.45) is 0 Å². The molecule has 4 heteroatoms. The Bertz CT molecular complexity index is 657. The van der Waals surface area contributed by atoms with Crippen LogP contribution in [0.1, 0.15) is 24.1 Å². The summed E-state index contributed by atoms with van der Waals surface area (Å²) in [6.45, 7) is 5.48. The van der Waals surface area contributed by atoms with Gasteiger partial charge < -0.3 is 14.8 Å². The summed E-state index contributed by atoms with van der Waals surface area (Å²) in [5.74, 6) is 1.66. The van der Waals surface area contributed by atoms with Gasteiger partial charge in [0.2, 0.25) is 0 Å². The van der Waals surface area contributed by atoms with Crippen LogP contribution in [0.5, 0.6) is 11.5 Å². The number of anilines is 1. The molecule has 110 valence electrons. The van der Waals surface area contributed by atoms with Crippen molar-refractivity contribution < 1.29 is 9.47 Å². The first-order chi connectivity index (χ1) is 10.1. The Morgan fingerprint density at radius 1 is 1.10 bits per heavy atom. The monoisotopic (exact) mass is 347 g/mol. The van der Waals surface area contributed by atoms with Gasteiger partial charge in [0.1, 0.15) is 13.2 Å². The SMILES string of the molecule is Cc1c(Br)cccc1NC(C)c1ccc2c(c1)OCCO2. The third-order valence-corrected chi connectivity index (χ3v) is 4.57. The van der Waals surface area contributed by atoms with E-state index >= 15 is 0 Å². The molecule has 21 heavy (non-hydrogen) atoms. The molecule has 0 spiro atoms. The first-order valence-corrected chi connectivity index (χ1v) is 7.85. The molecule has 3 rings (SSSR count). The van der Waals surface area contributed by atoms with Gasteiger partial charge in [-0.05, 0) is 49.2 Å². The highest BCUT2D eigenvalue weighted by Crippen LogP contribution is 2.34. The predicted octanol–water partition coefficient (Wildman–Crippen LogP) is 4.70. The first kappa shape index (κ1) is 14.3. The molecule has 0 aliphatic carbocycles. The van der Waals surface area contributed by atoms with E-state index in [4.69, 9.17) is 9.47 Å². The van der Waals surface area contributed by atoms with E-state index < -0.39 is 0 Å². The smallest absolute Gasteiger partial charge is 0.161 e. The van der Waals surface area contributed by atoms with E-state index in [0.29, 0.717) is 13.2 Å². The van der Waals surface area contributed by atoms with E-state index in [1.807, 2.05) is 12.1 Å². The van der Waals surface area contributed by atoms with Crippen LogP contribution in [0.2, 0.25) is 0 Å². The van der Waals surface area contributed by atoms with Gasteiger partial charge in [-0.15, -0.1) is 0 Å². The molecule has 1 unspecified atom stereocenters. The van der Waals surface area contributed by atoms with E-state index in [1.54, 1.807) is 0 Å². The highest BCUT2D eigenvalue weighted by molar-refractivity contribution is 9.10. The molecular formula is C17H18BrNO2. The Labute approximate surface area is 133 Å². The van der Waals surface area contributed by atoms with Crippen molar-refractivity contribution in [3.8, 4) is 11.5 Å². The third-order valence-electron chi connectivity index (χ3n) is 3.71. The molecular weight excluding hydrogens is 330 g/mol. The Hall–Kier alpha value is -1.68. The Morgan fingerprint density at radius 2 is 1.86 bits per heavy atom. The van der Waals surface area contributed by atoms with Crippen LogP contribution in [0.3, 0.4) is 0 Å². The van der Waals surface area contributed by atoms with Crippen molar-refractivity contribution in [1.29, 1.82) is 0 Å². The predicted molar refractivity (Wildman–Crippen MR) is 88.3 cm³/mol. The number of hydrogen-bond acceptors (Lipinski definition) is 3. The second kappa shape index (κ2) is 5.98. The molecule has 0 saturated carbocycles. The molecule has 3 nitrogen and oxygen atoms in total. The molecule has 0 amide bonds. The summed E-state index contributed by atoms with van der Waals surface area (Å²) in [5, 5.41) is 3.55. The van der Waals surface area contributed by atoms with Crippen molar-refractivity contribution in [2.45, 2.75) is 19.9 Å².